The summed E-state index contributed by atoms with van der Waals surface area (Å²) < 4.78 is 26.1. The minimum Gasteiger partial charge on any atom is -0.392 e. The molecule has 4 heteroatoms. The van der Waals surface area contributed by atoms with Crippen LogP contribution in [0.4, 0.5) is 0 Å². The summed E-state index contributed by atoms with van der Waals surface area (Å²) in [6, 6.07) is 0. The molecule has 0 aromatic heterocycles. The molecule has 0 aromatic rings. The van der Waals surface area contributed by atoms with Crippen molar-refractivity contribution in [1.29, 1.82) is 0 Å². The molecule has 0 spiro atoms. The molecule has 32 heavy (non-hydrogen) atoms. The summed E-state index contributed by atoms with van der Waals surface area (Å²) in [6.07, 6.45) is 16.8. The number of aliphatic hydroxyl groups excluding tert-OH is 1. The van der Waals surface area contributed by atoms with Gasteiger partial charge in [0.05, 0.1) is 17.1 Å². The summed E-state index contributed by atoms with van der Waals surface area (Å²) >= 11 is 0. The van der Waals surface area contributed by atoms with Gasteiger partial charge in [-0.05, 0) is 100 Å². The molecule has 0 radical (unpaired) electrons. The molecule has 0 amide bonds. The second-order valence-corrected chi connectivity index (χ2v) is 12.2. The smallest absolute Gasteiger partial charge is 0.159 e. The highest BCUT2D eigenvalue weighted by atomic mass is 32.2. The number of sulfone groups is 1. The molecular formula is C28H48O3S. The summed E-state index contributed by atoms with van der Waals surface area (Å²) in [7, 11) is -3.21. The fraction of sp³-hybridized carbons (Fsp3) is 0.643. The van der Waals surface area contributed by atoms with Gasteiger partial charge in [-0.1, -0.05) is 58.2 Å². The second-order valence-electron chi connectivity index (χ2n) is 9.54. The van der Waals surface area contributed by atoms with Crippen LogP contribution in [0.15, 0.2) is 58.2 Å². The first kappa shape index (κ1) is 30.6. The topological polar surface area (TPSA) is 54.4 Å². The lowest BCUT2D eigenvalue weighted by Crippen LogP contribution is -2.29. The zero-order valence-corrected chi connectivity index (χ0v) is 22.7. The monoisotopic (exact) mass is 464 g/mol. The predicted molar refractivity (Wildman–Crippen MR) is 142 cm³/mol. The molecule has 1 atom stereocenters. The molecule has 1 N–H and O–H groups in total. The van der Waals surface area contributed by atoms with Crippen molar-refractivity contribution < 1.29 is 13.5 Å². The van der Waals surface area contributed by atoms with Crippen LogP contribution in [-0.2, 0) is 9.84 Å². The average molecular weight is 465 g/mol. The molecule has 0 saturated carbocycles. The largest absolute Gasteiger partial charge is 0.392 e. The number of rotatable bonds is 15. The maximum Gasteiger partial charge on any atom is 0.159 e. The van der Waals surface area contributed by atoms with E-state index in [0.29, 0.717) is 6.42 Å². The lowest BCUT2D eigenvalue weighted by Gasteiger charge is -2.20. The molecule has 3 nitrogen and oxygen atoms in total. The standard InChI is InChI=1S/C28H48O3S/c1-22(2)12-9-13-25(6)18-19-28(32(30,31)23(3)4)27(8)17-11-16-24(5)14-10-15-26(7)20-21-29/h12,14,17-18,20,23,28-29H,9-11,13,15-16,19,21H2,1-8H3/b24-14?,25-18+,26-20?,27-17?. The molecule has 1 unspecified atom stereocenters. The molecule has 0 aliphatic carbocycles. The Labute approximate surface area is 199 Å². The Bertz CT molecular complexity index is 802. The first-order valence-corrected chi connectivity index (χ1v) is 13.6. The van der Waals surface area contributed by atoms with Crippen LogP contribution < -0.4 is 0 Å². The highest BCUT2D eigenvalue weighted by molar-refractivity contribution is 7.92. The number of hydrogen-bond acceptors (Lipinski definition) is 3. The molecule has 0 saturated heterocycles. The van der Waals surface area contributed by atoms with E-state index in [4.69, 9.17) is 5.11 Å². The highest BCUT2D eigenvalue weighted by Gasteiger charge is 2.29. The van der Waals surface area contributed by atoms with E-state index in [1.54, 1.807) is 13.8 Å². The number of hydrogen-bond donors (Lipinski definition) is 1. The van der Waals surface area contributed by atoms with Crippen LogP contribution in [0.2, 0.25) is 0 Å². The number of aliphatic hydroxyl groups is 1. The fourth-order valence-electron chi connectivity index (χ4n) is 3.47. The molecule has 184 valence electrons. The Kier molecular flexibility index (Phi) is 15.6. The van der Waals surface area contributed by atoms with Crippen molar-refractivity contribution in [3.05, 3.63) is 58.2 Å². The Hall–Kier alpha value is -1.39. The van der Waals surface area contributed by atoms with Gasteiger partial charge in [0.15, 0.2) is 9.84 Å². The van der Waals surface area contributed by atoms with Crippen LogP contribution >= 0.6 is 0 Å². The van der Waals surface area contributed by atoms with Crippen molar-refractivity contribution in [2.45, 2.75) is 111 Å². The first-order chi connectivity index (χ1) is 14.9. The molecule has 0 aliphatic heterocycles. The van der Waals surface area contributed by atoms with E-state index >= 15 is 0 Å². The van der Waals surface area contributed by atoms with Gasteiger partial charge in [-0.3, -0.25) is 0 Å². The van der Waals surface area contributed by atoms with E-state index < -0.39 is 15.1 Å². The first-order valence-electron chi connectivity index (χ1n) is 12.0. The van der Waals surface area contributed by atoms with Gasteiger partial charge in [0.2, 0.25) is 0 Å². The minimum atomic E-state index is -3.21. The molecule has 0 aliphatic rings. The van der Waals surface area contributed by atoms with Crippen molar-refractivity contribution in [2.75, 3.05) is 6.61 Å². The van der Waals surface area contributed by atoms with Crippen LogP contribution in [0.1, 0.15) is 100 Å². The Morgan fingerprint density at radius 2 is 1.19 bits per heavy atom. The summed E-state index contributed by atoms with van der Waals surface area (Å²) in [5.41, 5.74) is 6.06. The third-order valence-electron chi connectivity index (χ3n) is 5.81. The van der Waals surface area contributed by atoms with Crippen LogP contribution in [0.5, 0.6) is 0 Å². The van der Waals surface area contributed by atoms with Crippen LogP contribution in [-0.4, -0.2) is 30.6 Å². The lowest BCUT2D eigenvalue weighted by molar-refractivity contribution is 0.341. The van der Waals surface area contributed by atoms with Gasteiger partial charge in [0.25, 0.3) is 0 Å². The van der Waals surface area contributed by atoms with E-state index in [2.05, 4.69) is 52.0 Å². The minimum absolute atomic E-state index is 0.100. The van der Waals surface area contributed by atoms with E-state index in [9.17, 15) is 8.42 Å². The predicted octanol–water partition coefficient (Wildman–Crippen LogP) is 7.65. The Morgan fingerprint density at radius 3 is 1.69 bits per heavy atom. The van der Waals surface area contributed by atoms with Gasteiger partial charge in [-0.25, -0.2) is 8.42 Å². The van der Waals surface area contributed by atoms with Gasteiger partial charge in [-0.2, -0.15) is 0 Å². The quantitative estimate of drug-likeness (QED) is 0.253. The summed E-state index contributed by atoms with van der Waals surface area (Å²) in [5.74, 6) is 0. The lowest BCUT2D eigenvalue weighted by atomic mass is 10.0. The molecule has 0 rings (SSSR count). The summed E-state index contributed by atoms with van der Waals surface area (Å²) in [6.45, 7) is 16.1. The van der Waals surface area contributed by atoms with Gasteiger partial charge in [0, 0.05) is 0 Å². The van der Waals surface area contributed by atoms with Gasteiger partial charge in [-0.15, -0.1) is 0 Å². The second kappa shape index (κ2) is 16.3. The molecule has 0 heterocycles. The molecule has 0 fully saturated rings. The van der Waals surface area contributed by atoms with E-state index in [-0.39, 0.29) is 11.9 Å². The third-order valence-corrected chi connectivity index (χ3v) is 8.48. The van der Waals surface area contributed by atoms with Crippen LogP contribution in [0, 0.1) is 0 Å². The van der Waals surface area contributed by atoms with Crippen LogP contribution in [0.3, 0.4) is 0 Å². The van der Waals surface area contributed by atoms with E-state index in [0.717, 1.165) is 44.1 Å². The summed E-state index contributed by atoms with van der Waals surface area (Å²) in [5, 5.41) is 8.10. The molecule has 0 bridgehead atoms. The van der Waals surface area contributed by atoms with Crippen molar-refractivity contribution in [3.63, 3.8) is 0 Å². The normalized spacial score (nSPS) is 15.3. The van der Waals surface area contributed by atoms with Crippen molar-refractivity contribution in [2.24, 2.45) is 0 Å². The van der Waals surface area contributed by atoms with Crippen LogP contribution in [0.25, 0.3) is 0 Å². The molecular weight excluding hydrogens is 416 g/mol. The Balaban J connectivity index is 5.14. The maximum atomic E-state index is 13.0. The summed E-state index contributed by atoms with van der Waals surface area (Å²) in [4.78, 5) is 0. The molecule has 0 aromatic carbocycles. The number of allylic oxidation sites excluding steroid dienone is 8. The van der Waals surface area contributed by atoms with Gasteiger partial charge in [0.1, 0.15) is 0 Å². The maximum absolute atomic E-state index is 13.0. The van der Waals surface area contributed by atoms with Crippen molar-refractivity contribution in [3.8, 4) is 0 Å². The highest BCUT2D eigenvalue weighted by Crippen LogP contribution is 2.23. The SMILES string of the molecule is CC(C)=CCC/C(C)=C/CC(C(C)=CCCC(C)=CCCC(C)=CCO)S(=O)(=O)C(C)C. The van der Waals surface area contributed by atoms with Crippen molar-refractivity contribution in [1.82, 2.24) is 0 Å². The zero-order valence-electron chi connectivity index (χ0n) is 21.9. The van der Waals surface area contributed by atoms with Gasteiger partial charge < -0.3 is 5.11 Å². The van der Waals surface area contributed by atoms with Crippen molar-refractivity contribution >= 4 is 9.84 Å². The fourth-order valence-corrected chi connectivity index (χ4v) is 5.11. The van der Waals surface area contributed by atoms with E-state index in [1.807, 2.05) is 19.9 Å². The third kappa shape index (κ3) is 13.2. The van der Waals surface area contributed by atoms with E-state index in [1.165, 1.54) is 22.3 Å². The zero-order chi connectivity index (χ0) is 24.7. The van der Waals surface area contributed by atoms with Gasteiger partial charge >= 0.3 is 0 Å². The average Bonchev–Trinajstić information content (AvgIpc) is 2.67. The Morgan fingerprint density at radius 1 is 0.719 bits per heavy atom.